The second kappa shape index (κ2) is 9.33. The zero-order valence-electron chi connectivity index (χ0n) is 21.9. The number of benzene rings is 1. The molecule has 192 valence electrons. The molecule has 0 N–H and O–H groups in total. The molecule has 0 saturated carbocycles. The first-order chi connectivity index (χ1) is 16.9. The van der Waals surface area contributed by atoms with Gasteiger partial charge in [0.1, 0.15) is 5.60 Å². The maximum absolute atomic E-state index is 13.4. The SMILES string of the molecule is COc1ccc(-c2ccnc3cc(C(=O)N4CCN(C(=O)OC(C)(C)C)C(C)(C)C4)nn23)cc1OC. The summed E-state index contributed by atoms with van der Waals surface area (Å²) < 4.78 is 18.0. The number of rotatable bonds is 4. The Bertz CT molecular complexity index is 1290. The van der Waals surface area contributed by atoms with Crippen molar-refractivity contribution in [2.75, 3.05) is 33.9 Å². The summed E-state index contributed by atoms with van der Waals surface area (Å²) in [6.45, 7) is 10.5. The summed E-state index contributed by atoms with van der Waals surface area (Å²) >= 11 is 0. The van der Waals surface area contributed by atoms with Gasteiger partial charge < -0.3 is 19.1 Å². The molecule has 0 aliphatic carbocycles. The molecule has 10 nitrogen and oxygen atoms in total. The molecule has 1 fully saturated rings. The molecule has 1 saturated heterocycles. The van der Waals surface area contributed by atoms with E-state index in [4.69, 9.17) is 14.2 Å². The lowest BCUT2D eigenvalue weighted by Gasteiger charge is -2.46. The Morgan fingerprint density at radius 2 is 1.72 bits per heavy atom. The first kappa shape index (κ1) is 25.3. The lowest BCUT2D eigenvalue weighted by Crippen LogP contribution is -2.62. The summed E-state index contributed by atoms with van der Waals surface area (Å²) in [7, 11) is 3.17. The lowest BCUT2D eigenvalue weighted by molar-refractivity contribution is -0.0203. The molecule has 4 rings (SSSR count). The Balaban J connectivity index is 1.59. The maximum Gasteiger partial charge on any atom is 0.410 e. The fourth-order valence-corrected chi connectivity index (χ4v) is 4.36. The highest BCUT2D eigenvalue weighted by Gasteiger charge is 2.40. The number of methoxy groups -OCH3 is 2. The van der Waals surface area contributed by atoms with E-state index >= 15 is 0 Å². The van der Waals surface area contributed by atoms with Crippen LogP contribution in [0.5, 0.6) is 11.5 Å². The minimum atomic E-state index is -0.599. The molecule has 0 atom stereocenters. The third-order valence-corrected chi connectivity index (χ3v) is 6.06. The van der Waals surface area contributed by atoms with Crippen LogP contribution in [0.25, 0.3) is 16.9 Å². The normalized spacial score (nSPS) is 15.6. The predicted octanol–water partition coefficient (Wildman–Crippen LogP) is 3.89. The van der Waals surface area contributed by atoms with Crippen LogP contribution in [-0.2, 0) is 4.74 Å². The van der Waals surface area contributed by atoms with E-state index in [0.717, 1.165) is 11.3 Å². The van der Waals surface area contributed by atoms with E-state index in [0.29, 0.717) is 36.8 Å². The van der Waals surface area contributed by atoms with E-state index in [-0.39, 0.29) is 17.7 Å². The van der Waals surface area contributed by atoms with Gasteiger partial charge in [-0.05, 0) is 58.9 Å². The summed E-state index contributed by atoms with van der Waals surface area (Å²) in [4.78, 5) is 34.0. The van der Waals surface area contributed by atoms with Crippen LogP contribution in [0, 0.1) is 0 Å². The molecule has 36 heavy (non-hydrogen) atoms. The summed E-state index contributed by atoms with van der Waals surface area (Å²) in [5.41, 5.74) is 1.26. The lowest BCUT2D eigenvalue weighted by atomic mass is 9.99. The molecule has 0 bridgehead atoms. The molecule has 0 spiro atoms. The summed E-state index contributed by atoms with van der Waals surface area (Å²) in [5.74, 6) is 1.00. The van der Waals surface area contributed by atoms with Crippen molar-refractivity contribution in [1.82, 2.24) is 24.4 Å². The van der Waals surface area contributed by atoms with Crippen molar-refractivity contribution in [3.05, 3.63) is 42.2 Å². The van der Waals surface area contributed by atoms with Gasteiger partial charge in [-0.3, -0.25) is 9.69 Å². The topological polar surface area (TPSA) is 98.5 Å². The van der Waals surface area contributed by atoms with Crippen molar-refractivity contribution in [1.29, 1.82) is 0 Å². The van der Waals surface area contributed by atoms with Crippen molar-refractivity contribution < 1.29 is 23.8 Å². The van der Waals surface area contributed by atoms with E-state index in [1.807, 2.05) is 58.9 Å². The Morgan fingerprint density at radius 1 is 1.00 bits per heavy atom. The van der Waals surface area contributed by atoms with Gasteiger partial charge in [0.2, 0.25) is 0 Å². The van der Waals surface area contributed by atoms with Crippen molar-refractivity contribution in [2.24, 2.45) is 0 Å². The van der Waals surface area contributed by atoms with Crippen LogP contribution in [0.1, 0.15) is 45.1 Å². The van der Waals surface area contributed by atoms with Crippen molar-refractivity contribution in [3.63, 3.8) is 0 Å². The summed E-state index contributed by atoms with van der Waals surface area (Å²) in [6, 6.07) is 9.09. The number of hydrogen-bond acceptors (Lipinski definition) is 7. The van der Waals surface area contributed by atoms with E-state index in [2.05, 4.69) is 10.1 Å². The zero-order chi connectivity index (χ0) is 26.3. The van der Waals surface area contributed by atoms with Crippen LogP contribution in [0.3, 0.4) is 0 Å². The van der Waals surface area contributed by atoms with Gasteiger partial charge in [0.25, 0.3) is 5.91 Å². The first-order valence-corrected chi connectivity index (χ1v) is 11.8. The fraction of sp³-hybridized carbons (Fsp3) is 0.462. The van der Waals surface area contributed by atoms with Gasteiger partial charge in [0.15, 0.2) is 22.8 Å². The molecule has 1 aliphatic rings. The smallest absolute Gasteiger partial charge is 0.410 e. The highest BCUT2D eigenvalue weighted by molar-refractivity contribution is 5.93. The Morgan fingerprint density at radius 3 is 2.36 bits per heavy atom. The highest BCUT2D eigenvalue weighted by Crippen LogP contribution is 2.32. The third-order valence-electron chi connectivity index (χ3n) is 6.06. The second-order valence-electron chi connectivity index (χ2n) is 10.4. The van der Waals surface area contributed by atoms with Crippen LogP contribution in [0.2, 0.25) is 0 Å². The van der Waals surface area contributed by atoms with Gasteiger partial charge in [-0.25, -0.2) is 14.3 Å². The predicted molar refractivity (Wildman–Crippen MR) is 134 cm³/mol. The number of fused-ring (bicyclic) bond motifs is 1. The van der Waals surface area contributed by atoms with Crippen LogP contribution in [0.15, 0.2) is 36.5 Å². The number of ether oxygens (including phenoxy) is 3. The van der Waals surface area contributed by atoms with E-state index in [9.17, 15) is 9.59 Å². The summed E-state index contributed by atoms with van der Waals surface area (Å²) in [5, 5.41) is 4.60. The molecule has 1 aliphatic heterocycles. The number of carbonyl (C=O) groups is 2. The summed E-state index contributed by atoms with van der Waals surface area (Å²) in [6.07, 6.45) is 1.30. The van der Waals surface area contributed by atoms with Gasteiger partial charge in [0, 0.05) is 37.5 Å². The zero-order valence-corrected chi connectivity index (χ0v) is 21.9. The third kappa shape index (κ3) is 4.93. The fourth-order valence-electron chi connectivity index (χ4n) is 4.36. The van der Waals surface area contributed by atoms with Crippen molar-refractivity contribution >= 4 is 17.6 Å². The monoisotopic (exact) mass is 495 g/mol. The van der Waals surface area contributed by atoms with E-state index < -0.39 is 11.1 Å². The Kier molecular flexibility index (Phi) is 6.55. The molecular formula is C26H33N5O5. The molecule has 3 aromatic rings. The molecule has 0 unspecified atom stereocenters. The van der Waals surface area contributed by atoms with E-state index in [1.165, 1.54) is 0 Å². The molecule has 2 aromatic heterocycles. The quantitative estimate of drug-likeness (QED) is 0.542. The molecule has 10 heteroatoms. The van der Waals surface area contributed by atoms with Crippen molar-refractivity contribution in [2.45, 2.75) is 45.8 Å². The van der Waals surface area contributed by atoms with Gasteiger partial charge in [0.05, 0.1) is 25.5 Å². The minimum absolute atomic E-state index is 0.212. The number of nitrogens with zero attached hydrogens (tertiary/aromatic N) is 5. The minimum Gasteiger partial charge on any atom is -0.493 e. The van der Waals surface area contributed by atoms with Crippen LogP contribution < -0.4 is 9.47 Å². The van der Waals surface area contributed by atoms with Crippen LogP contribution >= 0.6 is 0 Å². The number of carbonyl (C=O) groups excluding carboxylic acids is 2. The van der Waals surface area contributed by atoms with Gasteiger partial charge in [-0.1, -0.05) is 0 Å². The average Bonchev–Trinajstić information content (AvgIpc) is 3.25. The molecule has 2 amide bonds. The molecule has 0 radical (unpaired) electrons. The van der Waals surface area contributed by atoms with Crippen molar-refractivity contribution in [3.8, 4) is 22.8 Å². The maximum atomic E-state index is 13.4. The van der Waals surface area contributed by atoms with E-state index in [1.54, 1.807) is 40.8 Å². The van der Waals surface area contributed by atoms with Gasteiger partial charge >= 0.3 is 6.09 Å². The average molecular weight is 496 g/mol. The molecular weight excluding hydrogens is 462 g/mol. The Labute approximate surface area is 210 Å². The number of piperazine rings is 1. The second-order valence-corrected chi connectivity index (χ2v) is 10.4. The largest absolute Gasteiger partial charge is 0.493 e. The Hall–Kier alpha value is -3.82. The van der Waals surface area contributed by atoms with Gasteiger partial charge in [-0.2, -0.15) is 5.10 Å². The van der Waals surface area contributed by atoms with Crippen LogP contribution in [-0.4, -0.2) is 81.4 Å². The number of amides is 2. The van der Waals surface area contributed by atoms with Crippen LogP contribution in [0.4, 0.5) is 4.79 Å². The standard InChI is InChI=1S/C26H33N5O5/c1-25(2,3)36-24(33)30-13-12-29(16-26(30,4)5)23(32)18-15-22-27-11-10-19(31(22)28-18)17-8-9-20(34-6)21(14-17)35-7/h8-11,14-15H,12-13,16H2,1-7H3. The molecule has 1 aromatic carbocycles. The number of aromatic nitrogens is 3. The first-order valence-electron chi connectivity index (χ1n) is 11.8. The highest BCUT2D eigenvalue weighted by atomic mass is 16.6. The number of hydrogen-bond donors (Lipinski definition) is 0. The molecule has 3 heterocycles. The van der Waals surface area contributed by atoms with Gasteiger partial charge in [-0.15, -0.1) is 0 Å².